The summed E-state index contributed by atoms with van der Waals surface area (Å²) in [5.74, 6) is 0.278. The minimum absolute atomic E-state index is 0.257. The van der Waals surface area contributed by atoms with Crippen molar-refractivity contribution < 1.29 is 9.13 Å². The van der Waals surface area contributed by atoms with E-state index in [-0.39, 0.29) is 5.82 Å². The number of hydrogen-bond acceptors (Lipinski definition) is 2. The standard InChI is InChI=1S/C17H20FNO/c1-4-19-11-13-6-5-12(2)9-16(13)15-8-7-14(20-3)10-17(15)18/h5-10,19H,4,11H2,1-3H3. The summed E-state index contributed by atoms with van der Waals surface area (Å²) in [6.07, 6.45) is 0. The molecule has 0 heterocycles. The van der Waals surface area contributed by atoms with Crippen LogP contribution in [-0.2, 0) is 6.54 Å². The summed E-state index contributed by atoms with van der Waals surface area (Å²) in [5, 5.41) is 3.29. The molecule has 0 aliphatic carbocycles. The van der Waals surface area contributed by atoms with Gasteiger partial charge >= 0.3 is 0 Å². The largest absolute Gasteiger partial charge is 0.497 e. The van der Waals surface area contributed by atoms with Crippen LogP contribution < -0.4 is 10.1 Å². The number of rotatable bonds is 5. The van der Waals surface area contributed by atoms with Crippen molar-refractivity contribution in [3.63, 3.8) is 0 Å². The van der Waals surface area contributed by atoms with Gasteiger partial charge in [0.25, 0.3) is 0 Å². The number of aryl methyl sites for hydroxylation is 1. The summed E-state index contributed by atoms with van der Waals surface area (Å²) in [6, 6.07) is 11.1. The summed E-state index contributed by atoms with van der Waals surface area (Å²) in [5.41, 5.74) is 3.77. The van der Waals surface area contributed by atoms with Crippen molar-refractivity contribution >= 4 is 0 Å². The van der Waals surface area contributed by atoms with Crippen molar-refractivity contribution in [1.29, 1.82) is 0 Å². The van der Waals surface area contributed by atoms with Crippen LogP contribution in [0.25, 0.3) is 11.1 Å². The molecule has 0 aliphatic heterocycles. The molecule has 0 bridgehead atoms. The van der Waals surface area contributed by atoms with Crippen LogP contribution in [0.15, 0.2) is 36.4 Å². The van der Waals surface area contributed by atoms with Crippen molar-refractivity contribution in [3.8, 4) is 16.9 Å². The summed E-state index contributed by atoms with van der Waals surface area (Å²) < 4.78 is 19.3. The molecule has 106 valence electrons. The summed E-state index contributed by atoms with van der Waals surface area (Å²) >= 11 is 0. The van der Waals surface area contributed by atoms with E-state index in [4.69, 9.17) is 4.74 Å². The fraction of sp³-hybridized carbons (Fsp3) is 0.294. The molecular weight excluding hydrogens is 253 g/mol. The van der Waals surface area contributed by atoms with E-state index in [9.17, 15) is 4.39 Å². The third-order valence-electron chi connectivity index (χ3n) is 3.30. The molecule has 0 aliphatic rings. The second-order valence-corrected chi connectivity index (χ2v) is 4.79. The number of hydrogen-bond donors (Lipinski definition) is 1. The number of methoxy groups -OCH3 is 1. The van der Waals surface area contributed by atoms with Gasteiger partial charge < -0.3 is 10.1 Å². The first-order valence-corrected chi connectivity index (χ1v) is 6.80. The second-order valence-electron chi connectivity index (χ2n) is 4.79. The van der Waals surface area contributed by atoms with Gasteiger partial charge in [0.1, 0.15) is 11.6 Å². The van der Waals surface area contributed by atoms with Gasteiger partial charge in [-0.2, -0.15) is 0 Å². The van der Waals surface area contributed by atoms with E-state index in [1.165, 1.54) is 13.2 Å². The van der Waals surface area contributed by atoms with Crippen LogP contribution in [0.4, 0.5) is 4.39 Å². The van der Waals surface area contributed by atoms with Crippen molar-refractivity contribution in [2.45, 2.75) is 20.4 Å². The van der Waals surface area contributed by atoms with E-state index >= 15 is 0 Å². The normalized spacial score (nSPS) is 10.6. The minimum atomic E-state index is -0.257. The molecule has 1 N–H and O–H groups in total. The molecule has 0 spiro atoms. The van der Waals surface area contributed by atoms with Gasteiger partial charge in [0, 0.05) is 18.2 Å². The highest BCUT2D eigenvalue weighted by molar-refractivity contribution is 5.69. The molecule has 0 fully saturated rings. The molecule has 2 aromatic carbocycles. The molecule has 3 heteroatoms. The Balaban J connectivity index is 2.47. The van der Waals surface area contributed by atoms with Gasteiger partial charge in [-0.1, -0.05) is 30.7 Å². The van der Waals surface area contributed by atoms with Crippen LogP contribution >= 0.6 is 0 Å². The average Bonchev–Trinajstić information content (AvgIpc) is 2.46. The Labute approximate surface area is 119 Å². The first-order valence-electron chi connectivity index (χ1n) is 6.80. The Hall–Kier alpha value is -1.87. The predicted octanol–water partition coefficient (Wildman–Crippen LogP) is 3.92. The molecular formula is C17H20FNO. The molecule has 2 nitrogen and oxygen atoms in total. The van der Waals surface area contributed by atoms with Gasteiger partial charge in [0.2, 0.25) is 0 Å². The summed E-state index contributed by atoms with van der Waals surface area (Å²) in [6.45, 7) is 5.69. The molecule has 0 atom stereocenters. The van der Waals surface area contributed by atoms with Crippen molar-refractivity contribution in [3.05, 3.63) is 53.3 Å². The fourth-order valence-corrected chi connectivity index (χ4v) is 2.20. The Morgan fingerprint density at radius 1 is 1.10 bits per heavy atom. The third-order valence-corrected chi connectivity index (χ3v) is 3.30. The zero-order valence-electron chi connectivity index (χ0n) is 12.2. The average molecular weight is 273 g/mol. The van der Waals surface area contributed by atoms with E-state index in [0.717, 1.165) is 29.8 Å². The minimum Gasteiger partial charge on any atom is -0.497 e. The second kappa shape index (κ2) is 6.53. The maximum Gasteiger partial charge on any atom is 0.134 e. The number of ether oxygens (including phenoxy) is 1. The maximum atomic E-state index is 14.3. The highest BCUT2D eigenvalue weighted by atomic mass is 19.1. The van der Waals surface area contributed by atoms with E-state index in [2.05, 4.69) is 24.4 Å². The molecule has 0 aromatic heterocycles. The van der Waals surface area contributed by atoms with Gasteiger partial charge in [-0.15, -0.1) is 0 Å². The lowest BCUT2D eigenvalue weighted by Gasteiger charge is -2.13. The molecule has 20 heavy (non-hydrogen) atoms. The lowest BCUT2D eigenvalue weighted by molar-refractivity contribution is 0.411. The molecule has 0 saturated heterocycles. The van der Waals surface area contributed by atoms with E-state index in [0.29, 0.717) is 11.3 Å². The van der Waals surface area contributed by atoms with E-state index < -0.39 is 0 Å². The van der Waals surface area contributed by atoms with Crippen LogP contribution in [-0.4, -0.2) is 13.7 Å². The van der Waals surface area contributed by atoms with E-state index in [1.807, 2.05) is 13.0 Å². The summed E-state index contributed by atoms with van der Waals surface area (Å²) in [4.78, 5) is 0. The lowest BCUT2D eigenvalue weighted by Crippen LogP contribution is -2.12. The molecule has 0 amide bonds. The number of benzene rings is 2. The Morgan fingerprint density at radius 2 is 1.90 bits per heavy atom. The van der Waals surface area contributed by atoms with Crippen molar-refractivity contribution in [1.82, 2.24) is 5.32 Å². The van der Waals surface area contributed by atoms with Crippen molar-refractivity contribution in [2.75, 3.05) is 13.7 Å². The summed E-state index contributed by atoms with van der Waals surface area (Å²) in [7, 11) is 1.54. The first-order chi connectivity index (χ1) is 9.65. The highest BCUT2D eigenvalue weighted by Crippen LogP contribution is 2.29. The zero-order valence-corrected chi connectivity index (χ0v) is 12.2. The number of nitrogens with one attached hydrogen (secondary N) is 1. The van der Waals surface area contributed by atoms with Crippen LogP contribution in [0.1, 0.15) is 18.1 Å². The monoisotopic (exact) mass is 273 g/mol. The Bertz CT molecular complexity index is 596. The smallest absolute Gasteiger partial charge is 0.134 e. The van der Waals surface area contributed by atoms with Gasteiger partial charge in [-0.05, 0) is 36.7 Å². The molecule has 0 saturated carbocycles. The fourth-order valence-electron chi connectivity index (χ4n) is 2.20. The third kappa shape index (κ3) is 3.17. The van der Waals surface area contributed by atoms with E-state index in [1.54, 1.807) is 12.1 Å². The quantitative estimate of drug-likeness (QED) is 0.891. The molecule has 0 unspecified atom stereocenters. The van der Waals surface area contributed by atoms with Crippen molar-refractivity contribution in [2.24, 2.45) is 0 Å². The Morgan fingerprint density at radius 3 is 2.55 bits per heavy atom. The highest BCUT2D eigenvalue weighted by Gasteiger charge is 2.11. The predicted molar refractivity (Wildman–Crippen MR) is 80.5 cm³/mol. The van der Waals surface area contributed by atoms with Gasteiger partial charge in [0.15, 0.2) is 0 Å². The molecule has 2 aromatic rings. The maximum absolute atomic E-state index is 14.3. The van der Waals surface area contributed by atoms with Gasteiger partial charge in [-0.25, -0.2) is 4.39 Å². The number of halogens is 1. The molecule has 0 radical (unpaired) electrons. The Kier molecular flexibility index (Phi) is 4.74. The van der Waals surface area contributed by atoms with Gasteiger partial charge in [-0.3, -0.25) is 0 Å². The first kappa shape index (κ1) is 14.5. The SMILES string of the molecule is CCNCc1ccc(C)cc1-c1ccc(OC)cc1F. The van der Waals surface area contributed by atoms with Crippen LogP contribution in [0.3, 0.4) is 0 Å². The van der Waals surface area contributed by atoms with Crippen LogP contribution in [0, 0.1) is 12.7 Å². The van der Waals surface area contributed by atoms with Gasteiger partial charge in [0.05, 0.1) is 7.11 Å². The van der Waals surface area contributed by atoms with Crippen LogP contribution in [0.5, 0.6) is 5.75 Å². The topological polar surface area (TPSA) is 21.3 Å². The van der Waals surface area contributed by atoms with Crippen LogP contribution in [0.2, 0.25) is 0 Å². The zero-order chi connectivity index (χ0) is 14.5. The lowest BCUT2D eigenvalue weighted by atomic mass is 9.97. The molecule has 2 rings (SSSR count).